The molecular weight excluding hydrogens is 389 g/mol. The van der Waals surface area contributed by atoms with E-state index in [1.807, 2.05) is 24.0 Å². The van der Waals surface area contributed by atoms with E-state index >= 15 is 0 Å². The third-order valence-corrected chi connectivity index (χ3v) is 3.79. The standard InChI is InChI=1S/C16H21N5.HI/c1-3-17-16(18-12-14-8-10-19-20(14)2)21-11-9-13-6-4-5-7-15(13)21;/h4-8,10H,3,9,11-12H2,1-2H3,(H,17,18);1H. The van der Waals surface area contributed by atoms with Gasteiger partial charge in [0.25, 0.3) is 0 Å². The van der Waals surface area contributed by atoms with E-state index in [0.717, 1.165) is 31.2 Å². The first-order valence-corrected chi connectivity index (χ1v) is 7.40. The minimum Gasteiger partial charge on any atom is -0.356 e. The molecule has 3 rings (SSSR count). The third-order valence-electron chi connectivity index (χ3n) is 3.79. The molecule has 1 aliphatic rings. The van der Waals surface area contributed by atoms with E-state index in [-0.39, 0.29) is 24.0 Å². The van der Waals surface area contributed by atoms with Crippen molar-refractivity contribution >= 4 is 35.6 Å². The highest BCUT2D eigenvalue weighted by atomic mass is 127. The smallest absolute Gasteiger partial charge is 0.198 e. The van der Waals surface area contributed by atoms with Crippen molar-refractivity contribution in [3.8, 4) is 0 Å². The SMILES string of the molecule is CCNC(=NCc1ccnn1C)N1CCc2ccccc21.I. The van der Waals surface area contributed by atoms with Crippen LogP contribution in [-0.2, 0) is 20.0 Å². The Labute approximate surface area is 148 Å². The van der Waals surface area contributed by atoms with Gasteiger partial charge in [0.1, 0.15) is 0 Å². The molecule has 1 N–H and O–H groups in total. The summed E-state index contributed by atoms with van der Waals surface area (Å²) in [5.74, 6) is 0.948. The van der Waals surface area contributed by atoms with E-state index < -0.39 is 0 Å². The van der Waals surface area contributed by atoms with Gasteiger partial charge < -0.3 is 10.2 Å². The fourth-order valence-electron chi connectivity index (χ4n) is 2.67. The van der Waals surface area contributed by atoms with Gasteiger partial charge in [-0.1, -0.05) is 18.2 Å². The molecule has 0 unspecified atom stereocenters. The molecule has 1 aromatic carbocycles. The summed E-state index contributed by atoms with van der Waals surface area (Å²) in [6.45, 7) is 4.58. The van der Waals surface area contributed by atoms with Crippen LogP contribution in [0.25, 0.3) is 0 Å². The van der Waals surface area contributed by atoms with Gasteiger partial charge in [-0.2, -0.15) is 5.10 Å². The van der Waals surface area contributed by atoms with Gasteiger partial charge in [-0.05, 0) is 31.0 Å². The lowest BCUT2D eigenvalue weighted by Crippen LogP contribution is -2.40. The molecule has 6 heteroatoms. The minimum absolute atomic E-state index is 0. The maximum Gasteiger partial charge on any atom is 0.198 e. The van der Waals surface area contributed by atoms with E-state index in [1.54, 1.807) is 0 Å². The van der Waals surface area contributed by atoms with Gasteiger partial charge in [0.15, 0.2) is 5.96 Å². The van der Waals surface area contributed by atoms with Crippen molar-refractivity contribution in [2.75, 3.05) is 18.0 Å². The predicted octanol–water partition coefficient (Wildman–Crippen LogP) is 2.57. The van der Waals surface area contributed by atoms with Crippen LogP contribution in [-0.4, -0.2) is 28.8 Å². The lowest BCUT2D eigenvalue weighted by molar-refractivity contribution is 0.710. The summed E-state index contributed by atoms with van der Waals surface area (Å²) in [5.41, 5.74) is 3.77. The Morgan fingerprint density at radius 2 is 2.14 bits per heavy atom. The summed E-state index contributed by atoms with van der Waals surface area (Å²) in [6, 6.07) is 10.5. The van der Waals surface area contributed by atoms with Crippen molar-refractivity contribution in [1.29, 1.82) is 0 Å². The van der Waals surface area contributed by atoms with Crippen molar-refractivity contribution in [2.45, 2.75) is 19.9 Å². The van der Waals surface area contributed by atoms with Gasteiger partial charge in [0, 0.05) is 32.0 Å². The average molecular weight is 411 g/mol. The Balaban J connectivity index is 0.00000176. The molecule has 1 aromatic heterocycles. The van der Waals surface area contributed by atoms with E-state index in [1.165, 1.54) is 11.3 Å². The van der Waals surface area contributed by atoms with Gasteiger partial charge in [-0.15, -0.1) is 24.0 Å². The normalized spacial score (nSPS) is 13.7. The van der Waals surface area contributed by atoms with Crippen molar-refractivity contribution < 1.29 is 0 Å². The number of aromatic nitrogens is 2. The van der Waals surface area contributed by atoms with Crippen LogP contribution in [0.15, 0.2) is 41.5 Å². The number of halogens is 1. The topological polar surface area (TPSA) is 45.5 Å². The Morgan fingerprint density at radius 3 is 2.86 bits per heavy atom. The molecule has 0 fully saturated rings. The highest BCUT2D eigenvalue weighted by molar-refractivity contribution is 14.0. The maximum absolute atomic E-state index is 4.77. The molecule has 2 aromatic rings. The number of guanidine groups is 1. The average Bonchev–Trinajstić information content (AvgIpc) is 3.10. The van der Waals surface area contributed by atoms with Crippen molar-refractivity contribution in [3.05, 3.63) is 47.8 Å². The number of aryl methyl sites for hydroxylation is 1. The summed E-state index contributed by atoms with van der Waals surface area (Å²) >= 11 is 0. The van der Waals surface area contributed by atoms with Crippen LogP contribution in [0.4, 0.5) is 5.69 Å². The zero-order chi connectivity index (χ0) is 14.7. The summed E-state index contributed by atoms with van der Waals surface area (Å²) in [4.78, 5) is 7.04. The zero-order valence-corrected chi connectivity index (χ0v) is 15.3. The summed E-state index contributed by atoms with van der Waals surface area (Å²) in [5, 5.41) is 7.58. The molecule has 0 bridgehead atoms. The molecule has 118 valence electrons. The van der Waals surface area contributed by atoms with Crippen LogP contribution in [0, 0.1) is 0 Å². The number of fused-ring (bicyclic) bond motifs is 1. The van der Waals surface area contributed by atoms with Crippen LogP contribution in [0.3, 0.4) is 0 Å². The molecule has 0 amide bonds. The molecule has 5 nitrogen and oxygen atoms in total. The lowest BCUT2D eigenvalue weighted by atomic mass is 10.2. The van der Waals surface area contributed by atoms with Crippen LogP contribution >= 0.6 is 24.0 Å². The predicted molar refractivity (Wildman–Crippen MR) is 101 cm³/mol. The molecule has 0 radical (unpaired) electrons. The van der Waals surface area contributed by atoms with Crippen LogP contribution in [0.2, 0.25) is 0 Å². The summed E-state index contributed by atoms with van der Waals surface area (Å²) in [6.07, 6.45) is 2.88. The quantitative estimate of drug-likeness (QED) is 0.480. The minimum atomic E-state index is 0. The van der Waals surface area contributed by atoms with Crippen LogP contribution < -0.4 is 10.2 Å². The third kappa shape index (κ3) is 3.43. The van der Waals surface area contributed by atoms with Crippen LogP contribution in [0.5, 0.6) is 0 Å². The zero-order valence-electron chi connectivity index (χ0n) is 13.0. The van der Waals surface area contributed by atoms with Gasteiger partial charge >= 0.3 is 0 Å². The van der Waals surface area contributed by atoms with Gasteiger partial charge in [-0.3, -0.25) is 4.68 Å². The molecule has 2 heterocycles. The number of benzene rings is 1. The van der Waals surface area contributed by atoms with Crippen molar-refractivity contribution in [1.82, 2.24) is 15.1 Å². The highest BCUT2D eigenvalue weighted by Crippen LogP contribution is 2.27. The second-order valence-electron chi connectivity index (χ2n) is 5.15. The molecule has 1 aliphatic heterocycles. The largest absolute Gasteiger partial charge is 0.356 e. The fraction of sp³-hybridized carbons (Fsp3) is 0.375. The van der Waals surface area contributed by atoms with Crippen molar-refractivity contribution in [2.24, 2.45) is 12.0 Å². The number of nitrogens with one attached hydrogen (secondary N) is 1. The number of nitrogens with zero attached hydrogens (tertiary/aromatic N) is 4. The number of anilines is 1. The number of rotatable bonds is 3. The Bertz CT molecular complexity index is 649. The van der Waals surface area contributed by atoms with Gasteiger partial charge in [0.2, 0.25) is 0 Å². The Morgan fingerprint density at radius 1 is 1.32 bits per heavy atom. The van der Waals surface area contributed by atoms with E-state index in [0.29, 0.717) is 6.54 Å². The van der Waals surface area contributed by atoms with Gasteiger partial charge in [-0.25, -0.2) is 4.99 Å². The molecule has 0 aliphatic carbocycles. The second kappa shape index (κ2) is 7.62. The Kier molecular flexibility index (Phi) is 5.82. The molecule has 0 saturated carbocycles. The van der Waals surface area contributed by atoms with Gasteiger partial charge in [0.05, 0.1) is 12.2 Å². The molecule has 22 heavy (non-hydrogen) atoms. The molecular formula is C16H22IN5. The number of hydrogen-bond donors (Lipinski definition) is 1. The first kappa shape index (κ1) is 16.8. The second-order valence-corrected chi connectivity index (χ2v) is 5.15. The Hall–Kier alpha value is -1.57. The van der Waals surface area contributed by atoms with E-state index in [4.69, 9.17) is 4.99 Å². The van der Waals surface area contributed by atoms with E-state index in [2.05, 4.69) is 46.5 Å². The van der Waals surface area contributed by atoms with Crippen molar-refractivity contribution in [3.63, 3.8) is 0 Å². The monoisotopic (exact) mass is 411 g/mol. The van der Waals surface area contributed by atoms with Crippen LogP contribution in [0.1, 0.15) is 18.2 Å². The summed E-state index contributed by atoms with van der Waals surface area (Å²) < 4.78 is 1.87. The number of hydrogen-bond acceptors (Lipinski definition) is 2. The van der Waals surface area contributed by atoms with E-state index in [9.17, 15) is 0 Å². The lowest BCUT2D eigenvalue weighted by Gasteiger charge is -2.22. The fourth-order valence-corrected chi connectivity index (χ4v) is 2.67. The molecule has 0 atom stereocenters. The molecule has 0 saturated heterocycles. The maximum atomic E-state index is 4.77. The summed E-state index contributed by atoms with van der Waals surface area (Å²) in [7, 11) is 1.95. The number of aliphatic imine (C=N–C) groups is 1. The number of para-hydroxylation sites is 1. The first-order chi connectivity index (χ1) is 10.3. The molecule has 0 spiro atoms. The highest BCUT2D eigenvalue weighted by Gasteiger charge is 2.22. The first-order valence-electron chi connectivity index (χ1n) is 7.40.